The molecule has 0 N–H and O–H groups in total. The van der Waals surface area contributed by atoms with Crippen LogP contribution in [0.4, 0.5) is 0 Å². The van der Waals surface area contributed by atoms with Crippen molar-refractivity contribution in [1.29, 1.82) is 0 Å². The number of aryl methyl sites for hydroxylation is 1. The van der Waals surface area contributed by atoms with Crippen LogP contribution in [0.25, 0.3) is 11.4 Å². The number of furan rings is 1. The number of benzene rings is 1. The van der Waals surface area contributed by atoms with Gasteiger partial charge in [0.15, 0.2) is 11.0 Å². The normalized spacial score (nSPS) is 11.2. The van der Waals surface area contributed by atoms with Crippen LogP contribution in [0.3, 0.4) is 0 Å². The number of thiazole rings is 1. The van der Waals surface area contributed by atoms with Gasteiger partial charge in [0.25, 0.3) is 0 Å². The van der Waals surface area contributed by atoms with Crippen molar-refractivity contribution in [3.8, 4) is 11.4 Å². The number of hydrogen-bond donors (Lipinski definition) is 0. The molecule has 0 aliphatic carbocycles. The highest BCUT2D eigenvalue weighted by Gasteiger charge is 2.15. The van der Waals surface area contributed by atoms with Crippen molar-refractivity contribution in [1.82, 2.24) is 19.7 Å². The molecule has 5 nitrogen and oxygen atoms in total. The van der Waals surface area contributed by atoms with Crippen LogP contribution in [0, 0.1) is 6.92 Å². The Balaban J connectivity index is 1.42. The second-order valence-corrected chi connectivity index (χ2v) is 7.82. The van der Waals surface area contributed by atoms with Gasteiger partial charge in [0.05, 0.1) is 22.5 Å². The summed E-state index contributed by atoms with van der Waals surface area (Å²) in [5.74, 6) is 2.45. The molecule has 1 aromatic carbocycles. The molecule has 0 aliphatic rings. The summed E-state index contributed by atoms with van der Waals surface area (Å²) in [5.41, 5.74) is 3.34. The lowest BCUT2D eigenvalue weighted by Crippen LogP contribution is -1.95. The van der Waals surface area contributed by atoms with Gasteiger partial charge in [-0.3, -0.25) is 0 Å². The molecule has 0 amide bonds. The van der Waals surface area contributed by atoms with Crippen molar-refractivity contribution >= 4 is 23.1 Å². The summed E-state index contributed by atoms with van der Waals surface area (Å²) in [4.78, 5) is 4.75. The number of aromatic nitrogens is 4. The van der Waals surface area contributed by atoms with Crippen molar-refractivity contribution in [2.75, 3.05) is 0 Å². The zero-order valence-corrected chi connectivity index (χ0v) is 16.2. The van der Waals surface area contributed by atoms with Crippen LogP contribution in [0.15, 0.2) is 57.6 Å². The molecule has 0 unspecified atom stereocenters. The predicted octanol–water partition coefficient (Wildman–Crippen LogP) is 4.72. The Morgan fingerprint density at radius 1 is 1.15 bits per heavy atom. The molecule has 4 aromatic rings. The summed E-state index contributed by atoms with van der Waals surface area (Å²) in [6.07, 6.45) is 2.56. The first-order chi connectivity index (χ1) is 12.7. The van der Waals surface area contributed by atoms with Gasteiger partial charge in [0.1, 0.15) is 5.76 Å². The number of hydrogen-bond acceptors (Lipinski definition) is 6. The number of thioether (sulfide) groups is 1. The highest BCUT2D eigenvalue weighted by molar-refractivity contribution is 7.98. The smallest absolute Gasteiger partial charge is 0.191 e. The minimum atomic E-state index is 0.779. The van der Waals surface area contributed by atoms with Gasteiger partial charge >= 0.3 is 0 Å². The molecule has 26 heavy (non-hydrogen) atoms. The molecule has 0 saturated carbocycles. The van der Waals surface area contributed by atoms with Gasteiger partial charge in [-0.2, -0.15) is 0 Å². The molecule has 0 spiro atoms. The zero-order chi connectivity index (χ0) is 17.9. The van der Waals surface area contributed by atoms with Crippen molar-refractivity contribution in [2.24, 2.45) is 7.05 Å². The van der Waals surface area contributed by atoms with E-state index in [1.165, 1.54) is 5.56 Å². The molecule has 0 aliphatic heterocycles. The van der Waals surface area contributed by atoms with Crippen LogP contribution < -0.4 is 0 Å². The van der Waals surface area contributed by atoms with Crippen molar-refractivity contribution in [3.63, 3.8) is 0 Å². The van der Waals surface area contributed by atoms with Gasteiger partial charge in [-0.15, -0.1) is 21.5 Å². The molecular formula is C19H18N4OS2. The third-order valence-corrected chi connectivity index (χ3v) is 6.03. The summed E-state index contributed by atoms with van der Waals surface area (Å²) in [7, 11) is 1.98. The molecule has 0 atom stereocenters. The highest BCUT2D eigenvalue weighted by atomic mass is 32.2. The van der Waals surface area contributed by atoms with Gasteiger partial charge in [0, 0.05) is 24.6 Å². The molecule has 3 heterocycles. The van der Waals surface area contributed by atoms with Gasteiger partial charge in [-0.1, -0.05) is 42.1 Å². The van der Waals surface area contributed by atoms with E-state index in [1.54, 1.807) is 29.4 Å². The minimum Gasteiger partial charge on any atom is -0.469 e. The monoisotopic (exact) mass is 382 g/mol. The minimum absolute atomic E-state index is 0.779. The first-order valence-corrected chi connectivity index (χ1v) is 10.1. The first kappa shape index (κ1) is 17.1. The van der Waals surface area contributed by atoms with Crippen molar-refractivity contribution in [3.05, 3.63) is 70.1 Å². The molecule has 0 saturated heterocycles. The van der Waals surface area contributed by atoms with Crippen molar-refractivity contribution < 1.29 is 4.42 Å². The van der Waals surface area contributed by atoms with Crippen LogP contribution in [-0.2, 0) is 19.2 Å². The van der Waals surface area contributed by atoms with Crippen LogP contribution in [0.1, 0.15) is 22.0 Å². The Labute approximate surface area is 160 Å². The van der Waals surface area contributed by atoms with E-state index in [-0.39, 0.29) is 0 Å². The van der Waals surface area contributed by atoms with E-state index in [2.05, 4.69) is 39.8 Å². The zero-order valence-electron chi connectivity index (χ0n) is 14.5. The average molecular weight is 383 g/mol. The Kier molecular flexibility index (Phi) is 4.90. The van der Waals surface area contributed by atoms with Crippen LogP contribution in [-0.4, -0.2) is 19.7 Å². The summed E-state index contributed by atoms with van der Waals surface area (Å²) >= 11 is 3.36. The number of nitrogens with zero attached hydrogens (tertiary/aromatic N) is 4. The summed E-state index contributed by atoms with van der Waals surface area (Å²) < 4.78 is 7.37. The van der Waals surface area contributed by atoms with E-state index in [1.807, 2.05) is 30.7 Å². The molecule has 0 fully saturated rings. The van der Waals surface area contributed by atoms with Gasteiger partial charge < -0.3 is 8.98 Å². The quantitative estimate of drug-likeness (QED) is 0.452. The molecule has 0 radical (unpaired) electrons. The van der Waals surface area contributed by atoms with Crippen LogP contribution in [0.5, 0.6) is 0 Å². The largest absolute Gasteiger partial charge is 0.469 e. The third-order valence-electron chi connectivity index (χ3n) is 4.08. The van der Waals surface area contributed by atoms with E-state index in [0.29, 0.717) is 0 Å². The van der Waals surface area contributed by atoms with Crippen LogP contribution in [0.2, 0.25) is 0 Å². The predicted molar refractivity (Wildman–Crippen MR) is 104 cm³/mol. The Morgan fingerprint density at radius 2 is 2.00 bits per heavy atom. The maximum atomic E-state index is 5.37. The Morgan fingerprint density at radius 3 is 2.77 bits per heavy atom. The second kappa shape index (κ2) is 7.47. The molecular weight excluding hydrogens is 364 g/mol. The van der Waals surface area contributed by atoms with Crippen LogP contribution >= 0.6 is 23.1 Å². The standard InChI is InChI=1S/C19H18N4OS2/c1-13-16(8-9-24-13)18-21-22-19(23(18)2)26-12-15-11-25-17(20-15)10-14-6-4-3-5-7-14/h3-9,11H,10,12H2,1-2H3. The highest BCUT2D eigenvalue weighted by Crippen LogP contribution is 2.28. The molecule has 4 rings (SSSR count). The van der Waals surface area contributed by atoms with Gasteiger partial charge in [0.2, 0.25) is 0 Å². The second-order valence-electron chi connectivity index (χ2n) is 5.94. The van der Waals surface area contributed by atoms with E-state index in [4.69, 9.17) is 9.40 Å². The summed E-state index contributed by atoms with van der Waals surface area (Å²) in [5, 5.41) is 12.8. The fraction of sp³-hybridized carbons (Fsp3) is 0.211. The van der Waals surface area contributed by atoms with Gasteiger partial charge in [-0.25, -0.2) is 4.98 Å². The fourth-order valence-corrected chi connectivity index (χ4v) is 4.43. The molecule has 132 valence electrons. The summed E-state index contributed by atoms with van der Waals surface area (Å²) in [6.45, 7) is 1.93. The average Bonchev–Trinajstić information content (AvgIpc) is 3.35. The molecule has 3 aromatic heterocycles. The fourth-order valence-electron chi connectivity index (χ4n) is 2.70. The Hall–Kier alpha value is -2.38. The maximum absolute atomic E-state index is 5.37. The van der Waals surface area contributed by atoms with E-state index >= 15 is 0 Å². The lowest BCUT2D eigenvalue weighted by Gasteiger charge is -2.02. The van der Waals surface area contributed by atoms with E-state index < -0.39 is 0 Å². The van der Waals surface area contributed by atoms with E-state index in [9.17, 15) is 0 Å². The molecule has 7 heteroatoms. The first-order valence-electron chi connectivity index (χ1n) is 8.24. The van der Waals surface area contributed by atoms with E-state index in [0.717, 1.165) is 45.2 Å². The Bertz CT molecular complexity index is 1000. The third kappa shape index (κ3) is 3.59. The lowest BCUT2D eigenvalue weighted by molar-refractivity contribution is 0.534. The SMILES string of the molecule is Cc1occc1-c1nnc(SCc2csc(Cc3ccccc3)n2)n1C. The van der Waals surface area contributed by atoms with Gasteiger partial charge in [-0.05, 0) is 18.6 Å². The molecule has 0 bridgehead atoms. The van der Waals surface area contributed by atoms with Crippen molar-refractivity contribution in [2.45, 2.75) is 24.3 Å². The maximum Gasteiger partial charge on any atom is 0.191 e. The topological polar surface area (TPSA) is 56.7 Å². The lowest BCUT2D eigenvalue weighted by atomic mass is 10.2. The number of rotatable bonds is 6. The summed E-state index contributed by atoms with van der Waals surface area (Å²) in [6, 6.07) is 12.3.